The van der Waals surface area contributed by atoms with Crippen LogP contribution in [0.1, 0.15) is 11.4 Å². The summed E-state index contributed by atoms with van der Waals surface area (Å²) in [5.41, 5.74) is 3.78. The minimum Gasteiger partial charge on any atom is -0.322 e. The highest BCUT2D eigenvalue weighted by atomic mass is 32.2. The largest absolute Gasteiger partial charge is 0.322 e. The molecule has 0 amide bonds. The molecular formula is C16H14N4OS2. The van der Waals surface area contributed by atoms with Crippen molar-refractivity contribution >= 4 is 39.1 Å². The van der Waals surface area contributed by atoms with Crippen molar-refractivity contribution in [1.82, 2.24) is 18.9 Å². The minimum atomic E-state index is -0.0191. The molecular weight excluding hydrogens is 328 g/mol. The fraction of sp³-hybridized carbons (Fsp3) is 0.188. The molecule has 7 heteroatoms. The number of thioether (sulfide) groups is 1. The van der Waals surface area contributed by atoms with E-state index < -0.39 is 0 Å². The van der Waals surface area contributed by atoms with Gasteiger partial charge in [-0.3, -0.25) is 9.20 Å². The van der Waals surface area contributed by atoms with Gasteiger partial charge in [-0.05, 0) is 19.1 Å². The average molecular weight is 342 g/mol. The first-order valence-corrected chi connectivity index (χ1v) is 9.01. The van der Waals surface area contributed by atoms with Gasteiger partial charge >= 0.3 is 0 Å². The van der Waals surface area contributed by atoms with E-state index in [0.717, 1.165) is 32.5 Å². The van der Waals surface area contributed by atoms with Crippen molar-refractivity contribution in [3.8, 4) is 0 Å². The van der Waals surface area contributed by atoms with Gasteiger partial charge in [-0.25, -0.2) is 9.97 Å². The smallest absolute Gasteiger partial charge is 0.258 e. The van der Waals surface area contributed by atoms with Gasteiger partial charge in [0.1, 0.15) is 0 Å². The van der Waals surface area contributed by atoms with E-state index in [1.54, 1.807) is 22.2 Å². The van der Waals surface area contributed by atoms with E-state index in [0.29, 0.717) is 5.75 Å². The van der Waals surface area contributed by atoms with Crippen LogP contribution in [0.25, 0.3) is 16.0 Å². The van der Waals surface area contributed by atoms with E-state index in [4.69, 9.17) is 0 Å². The fourth-order valence-corrected chi connectivity index (χ4v) is 4.34. The molecule has 1 aromatic carbocycles. The second-order valence-corrected chi connectivity index (χ2v) is 7.09. The van der Waals surface area contributed by atoms with Crippen LogP contribution in [0.2, 0.25) is 0 Å². The molecule has 0 fully saturated rings. The van der Waals surface area contributed by atoms with Gasteiger partial charge in [0, 0.05) is 29.9 Å². The maximum absolute atomic E-state index is 12.2. The second kappa shape index (κ2) is 5.50. The Labute approximate surface area is 140 Å². The topological polar surface area (TPSA) is 52.2 Å². The maximum Gasteiger partial charge on any atom is 0.258 e. The van der Waals surface area contributed by atoms with Gasteiger partial charge in [0.25, 0.3) is 5.56 Å². The molecule has 0 saturated heterocycles. The summed E-state index contributed by atoms with van der Waals surface area (Å²) in [6.45, 7) is 1.92. The third-order valence-electron chi connectivity index (χ3n) is 3.72. The molecule has 0 aliphatic heterocycles. The zero-order chi connectivity index (χ0) is 16.0. The van der Waals surface area contributed by atoms with Gasteiger partial charge in [0.05, 0.1) is 16.7 Å². The Morgan fingerprint density at radius 1 is 1.26 bits per heavy atom. The number of imidazole rings is 1. The maximum atomic E-state index is 12.2. The Bertz CT molecular complexity index is 1080. The molecule has 0 aliphatic carbocycles. The number of para-hydroxylation sites is 2. The molecule has 23 heavy (non-hydrogen) atoms. The molecule has 3 aromatic heterocycles. The zero-order valence-electron chi connectivity index (χ0n) is 12.7. The molecule has 0 bridgehead atoms. The van der Waals surface area contributed by atoms with Crippen LogP contribution < -0.4 is 5.56 Å². The standard InChI is InChI=1S/C16H14N4OS2/c1-10-8-22-16-17-11(7-14(21)20(10)16)9-23-15-18-12-5-3-4-6-13(12)19(15)2/h3-8H,9H2,1-2H3. The highest BCUT2D eigenvalue weighted by Gasteiger charge is 2.10. The summed E-state index contributed by atoms with van der Waals surface area (Å²) in [7, 11) is 2.01. The molecule has 0 spiro atoms. The molecule has 0 unspecified atom stereocenters. The van der Waals surface area contributed by atoms with Crippen molar-refractivity contribution in [3.63, 3.8) is 0 Å². The molecule has 0 aliphatic rings. The number of aromatic nitrogens is 4. The molecule has 0 radical (unpaired) electrons. The third-order valence-corrected chi connectivity index (χ3v) is 5.73. The molecule has 116 valence electrons. The fourth-order valence-electron chi connectivity index (χ4n) is 2.57. The number of rotatable bonds is 3. The van der Waals surface area contributed by atoms with Gasteiger partial charge in [-0.15, -0.1) is 11.3 Å². The van der Waals surface area contributed by atoms with Crippen LogP contribution in [0.3, 0.4) is 0 Å². The van der Waals surface area contributed by atoms with Crippen molar-refractivity contribution < 1.29 is 0 Å². The Kier molecular flexibility index (Phi) is 3.46. The molecule has 3 heterocycles. The first-order chi connectivity index (χ1) is 11.1. The normalized spacial score (nSPS) is 11.6. The van der Waals surface area contributed by atoms with Crippen LogP contribution >= 0.6 is 23.1 Å². The lowest BCUT2D eigenvalue weighted by atomic mass is 10.3. The zero-order valence-corrected chi connectivity index (χ0v) is 14.3. The van der Waals surface area contributed by atoms with E-state index >= 15 is 0 Å². The minimum absolute atomic E-state index is 0.0191. The van der Waals surface area contributed by atoms with Crippen molar-refractivity contribution in [2.24, 2.45) is 7.05 Å². The number of fused-ring (bicyclic) bond motifs is 2. The van der Waals surface area contributed by atoms with E-state index in [9.17, 15) is 4.79 Å². The lowest BCUT2D eigenvalue weighted by molar-refractivity contribution is 0.814. The van der Waals surface area contributed by atoms with Crippen LogP contribution in [0, 0.1) is 6.92 Å². The molecule has 4 aromatic rings. The Balaban J connectivity index is 1.65. The van der Waals surface area contributed by atoms with Gasteiger partial charge in [0.15, 0.2) is 10.1 Å². The van der Waals surface area contributed by atoms with Crippen molar-refractivity contribution in [2.75, 3.05) is 0 Å². The Hall–Kier alpha value is -2.12. The van der Waals surface area contributed by atoms with E-state index in [-0.39, 0.29) is 5.56 Å². The summed E-state index contributed by atoms with van der Waals surface area (Å²) in [4.78, 5) is 22.2. The Morgan fingerprint density at radius 2 is 2.09 bits per heavy atom. The van der Waals surface area contributed by atoms with Gasteiger partial charge in [-0.1, -0.05) is 23.9 Å². The number of benzene rings is 1. The van der Waals surface area contributed by atoms with E-state index in [2.05, 4.69) is 20.6 Å². The second-order valence-electron chi connectivity index (χ2n) is 5.31. The van der Waals surface area contributed by atoms with Crippen LogP contribution in [0.15, 0.2) is 45.7 Å². The van der Waals surface area contributed by atoms with Crippen molar-refractivity contribution in [3.05, 3.63) is 57.5 Å². The predicted molar refractivity (Wildman–Crippen MR) is 94.4 cm³/mol. The Morgan fingerprint density at radius 3 is 2.91 bits per heavy atom. The summed E-state index contributed by atoms with van der Waals surface area (Å²) in [5, 5.41) is 2.88. The van der Waals surface area contributed by atoms with E-state index in [1.165, 1.54) is 11.3 Å². The van der Waals surface area contributed by atoms with E-state index in [1.807, 2.05) is 37.6 Å². The van der Waals surface area contributed by atoms with Crippen LogP contribution in [-0.2, 0) is 12.8 Å². The summed E-state index contributed by atoms with van der Waals surface area (Å²) in [6.07, 6.45) is 0. The molecule has 4 rings (SSSR count). The molecule has 0 atom stereocenters. The average Bonchev–Trinajstić information content (AvgIpc) is 3.07. The first kappa shape index (κ1) is 14.5. The number of hydrogen-bond donors (Lipinski definition) is 0. The van der Waals surface area contributed by atoms with Crippen molar-refractivity contribution in [2.45, 2.75) is 17.8 Å². The predicted octanol–water partition coefficient (Wildman–Crippen LogP) is 3.24. The number of aryl methyl sites for hydroxylation is 2. The summed E-state index contributed by atoms with van der Waals surface area (Å²) in [5.74, 6) is 0.625. The molecule has 0 N–H and O–H groups in total. The SMILES string of the molecule is Cc1csc2nc(CSc3nc4ccccc4n3C)cc(=O)n12. The number of nitrogens with zero attached hydrogens (tertiary/aromatic N) is 4. The first-order valence-electron chi connectivity index (χ1n) is 7.14. The molecule has 0 saturated carbocycles. The summed E-state index contributed by atoms with van der Waals surface area (Å²) in [6, 6.07) is 9.66. The van der Waals surface area contributed by atoms with Gasteiger partial charge in [-0.2, -0.15) is 0 Å². The van der Waals surface area contributed by atoms with Gasteiger partial charge < -0.3 is 4.57 Å². The monoisotopic (exact) mass is 342 g/mol. The third kappa shape index (κ3) is 2.46. The van der Waals surface area contributed by atoms with Crippen molar-refractivity contribution in [1.29, 1.82) is 0 Å². The van der Waals surface area contributed by atoms with Crippen LogP contribution in [0.5, 0.6) is 0 Å². The lowest BCUT2D eigenvalue weighted by Crippen LogP contribution is -2.14. The van der Waals surface area contributed by atoms with Crippen LogP contribution in [0.4, 0.5) is 0 Å². The highest BCUT2D eigenvalue weighted by molar-refractivity contribution is 7.98. The van der Waals surface area contributed by atoms with Gasteiger partial charge in [0.2, 0.25) is 0 Å². The number of hydrogen-bond acceptors (Lipinski definition) is 5. The lowest BCUT2D eigenvalue weighted by Gasteiger charge is -2.03. The highest BCUT2D eigenvalue weighted by Crippen LogP contribution is 2.25. The van der Waals surface area contributed by atoms with Crippen LogP contribution in [-0.4, -0.2) is 18.9 Å². The summed E-state index contributed by atoms with van der Waals surface area (Å²) >= 11 is 3.09. The number of thiazole rings is 1. The summed E-state index contributed by atoms with van der Waals surface area (Å²) < 4.78 is 3.72. The quantitative estimate of drug-likeness (QED) is 0.536. The molecule has 5 nitrogen and oxygen atoms in total.